The Morgan fingerprint density at radius 2 is 2.28 bits per heavy atom. The van der Waals surface area contributed by atoms with Gasteiger partial charge in [-0.15, -0.1) is 0 Å². The highest BCUT2D eigenvalue weighted by atomic mass is 16.5. The number of nitrogens with zero attached hydrogens (tertiary/aromatic N) is 2. The lowest BCUT2D eigenvalue weighted by Gasteiger charge is -2.34. The van der Waals surface area contributed by atoms with Crippen LogP contribution in [0, 0.1) is 0 Å². The van der Waals surface area contributed by atoms with Crippen molar-refractivity contribution in [1.29, 1.82) is 0 Å². The van der Waals surface area contributed by atoms with Crippen molar-refractivity contribution in [2.75, 3.05) is 24.3 Å². The standard InChI is InChI=1S/C12H18N4O2/c1-18-12-8(13)5-6-10(15-12)16-7-3-2-4-9(16)11(14)17/h5-6,9H,2-4,7,13H2,1H3,(H2,14,17). The van der Waals surface area contributed by atoms with Gasteiger partial charge < -0.3 is 21.1 Å². The lowest BCUT2D eigenvalue weighted by atomic mass is 10.0. The van der Waals surface area contributed by atoms with E-state index in [0.29, 0.717) is 17.4 Å². The van der Waals surface area contributed by atoms with E-state index in [9.17, 15) is 4.79 Å². The average molecular weight is 250 g/mol. The fourth-order valence-corrected chi connectivity index (χ4v) is 2.27. The number of rotatable bonds is 3. The van der Waals surface area contributed by atoms with Gasteiger partial charge in [0.25, 0.3) is 0 Å². The number of hydrogen-bond donors (Lipinski definition) is 2. The predicted molar refractivity (Wildman–Crippen MR) is 69.4 cm³/mol. The summed E-state index contributed by atoms with van der Waals surface area (Å²) in [6, 6.07) is 3.23. The van der Waals surface area contributed by atoms with E-state index in [-0.39, 0.29) is 11.9 Å². The average Bonchev–Trinajstić information content (AvgIpc) is 2.39. The number of anilines is 2. The second-order valence-corrected chi connectivity index (χ2v) is 4.38. The van der Waals surface area contributed by atoms with E-state index in [0.717, 1.165) is 25.8 Å². The molecule has 1 fully saturated rings. The molecule has 1 aromatic rings. The molecule has 1 aromatic heterocycles. The van der Waals surface area contributed by atoms with Crippen LogP contribution < -0.4 is 21.1 Å². The summed E-state index contributed by atoms with van der Waals surface area (Å²) in [5.74, 6) is 0.748. The third kappa shape index (κ3) is 2.32. The second-order valence-electron chi connectivity index (χ2n) is 4.38. The first-order valence-corrected chi connectivity index (χ1v) is 6.00. The molecule has 1 aliphatic heterocycles. The number of carbonyl (C=O) groups excluding carboxylic acids is 1. The molecule has 0 aromatic carbocycles. The lowest BCUT2D eigenvalue weighted by molar-refractivity contribution is -0.119. The van der Waals surface area contributed by atoms with Crippen LogP contribution in [0.3, 0.4) is 0 Å². The van der Waals surface area contributed by atoms with Crippen molar-refractivity contribution in [3.63, 3.8) is 0 Å². The minimum atomic E-state index is -0.313. The van der Waals surface area contributed by atoms with Crippen molar-refractivity contribution >= 4 is 17.4 Å². The van der Waals surface area contributed by atoms with Gasteiger partial charge >= 0.3 is 0 Å². The van der Waals surface area contributed by atoms with Crippen LogP contribution in [0.4, 0.5) is 11.5 Å². The number of aromatic nitrogens is 1. The maximum atomic E-state index is 11.5. The number of nitrogen functional groups attached to an aromatic ring is 1. The fourth-order valence-electron chi connectivity index (χ4n) is 2.27. The molecule has 0 saturated carbocycles. The number of hydrogen-bond acceptors (Lipinski definition) is 5. The Balaban J connectivity index is 2.30. The highest BCUT2D eigenvalue weighted by Crippen LogP contribution is 2.27. The Hall–Kier alpha value is -1.98. The van der Waals surface area contributed by atoms with E-state index in [2.05, 4.69) is 4.98 Å². The van der Waals surface area contributed by atoms with Crippen LogP contribution in [0.5, 0.6) is 5.88 Å². The summed E-state index contributed by atoms with van der Waals surface area (Å²) in [4.78, 5) is 17.7. The molecule has 2 heterocycles. The molecule has 0 spiro atoms. The summed E-state index contributed by atoms with van der Waals surface area (Å²) in [5.41, 5.74) is 11.6. The molecule has 1 atom stereocenters. The zero-order chi connectivity index (χ0) is 13.1. The van der Waals surface area contributed by atoms with Crippen molar-refractivity contribution in [1.82, 2.24) is 4.98 Å². The first-order valence-electron chi connectivity index (χ1n) is 6.00. The summed E-state index contributed by atoms with van der Waals surface area (Å²) in [5, 5.41) is 0. The Labute approximate surface area is 106 Å². The van der Waals surface area contributed by atoms with E-state index in [1.165, 1.54) is 7.11 Å². The number of primary amides is 1. The monoisotopic (exact) mass is 250 g/mol. The number of pyridine rings is 1. The van der Waals surface area contributed by atoms with Gasteiger partial charge in [0.2, 0.25) is 11.8 Å². The second kappa shape index (κ2) is 5.12. The molecule has 1 amide bonds. The molecule has 1 saturated heterocycles. The molecule has 18 heavy (non-hydrogen) atoms. The van der Waals surface area contributed by atoms with Gasteiger partial charge in [0, 0.05) is 6.54 Å². The van der Waals surface area contributed by atoms with Crippen molar-refractivity contribution in [2.45, 2.75) is 25.3 Å². The van der Waals surface area contributed by atoms with Gasteiger partial charge in [-0.25, -0.2) is 0 Å². The van der Waals surface area contributed by atoms with Gasteiger partial charge in [-0.05, 0) is 31.4 Å². The SMILES string of the molecule is COc1nc(N2CCCCC2C(N)=O)ccc1N. The number of carbonyl (C=O) groups is 1. The Morgan fingerprint density at radius 3 is 2.94 bits per heavy atom. The molecule has 0 radical (unpaired) electrons. The minimum Gasteiger partial charge on any atom is -0.479 e. The molecule has 6 heteroatoms. The third-order valence-corrected chi connectivity index (χ3v) is 3.19. The summed E-state index contributed by atoms with van der Waals surface area (Å²) >= 11 is 0. The molecule has 6 nitrogen and oxygen atoms in total. The van der Waals surface area contributed by atoms with Crippen LogP contribution in [0.1, 0.15) is 19.3 Å². The molecule has 4 N–H and O–H groups in total. The normalized spacial score (nSPS) is 19.6. The maximum Gasteiger partial charge on any atom is 0.240 e. The van der Waals surface area contributed by atoms with Crippen molar-refractivity contribution in [3.05, 3.63) is 12.1 Å². The maximum absolute atomic E-state index is 11.5. The van der Waals surface area contributed by atoms with E-state index < -0.39 is 0 Å². The molecule has 1 unspecified atom stereocenters. The third-order valence-electron chi connectivity index (χ3n) is 3.19. The molecule has 98 valence electrons. The van der Waals surface area contributed by atoms with Crippen LogP contribution in [0.2, 0.25) is 0 Å². The number of ether oxygens (including phenoxy) is 1. The van der Waals surface area contributed by atoms with Crippen molar-refractivity contribution in [3.8, 4) is 5.88 Å². The molecule has 1 aliphatic rings. The first-order chi connectivity index (χ1) is 8.63. The summed E-state index contributed by atoms with van der Waals surface area (Å²) < 4.78 is 5.09. The number of amides is 1. The van der Waals surface area contributed by atoms with Gasteiger partial charge in [0.1, 0.15) is 11.9 Å². The summed E-state index contributed by atoms with van der Waals surface area (Å²) in [6.45, 7) is 0.772. The molecular weight excluding hydrogens is 232 g/mol. The van der Waals surface area contributed by atoms with E-state index in [1.807, 2.05) is 4.90 Å². The lowest BCUT2D eigenvalue weighted by Crippen LogP contribution is -2.48. The zero-order valence-corrected chi connectivity index (χ0v) is 10.4. The summed E-state index contributed by atoms with van der Waals surface area (Å²) in [6.07, 6.45) is 2.80. The number of nitrogens with two attached hydrogens (primary N) is 2. The van der Waals surface area contributed by atoms with Crippen molar-refractivity contribution < 1.29 is 9.53 Å². The zero-order valence-electron chi connectivity index (χ0n) is 10.4. The molecular formula is C12H18N4O2. The van der Waals surface area contributed by atoms with Crippen LogP contribution >= 0.6 is 0 Å². The Morgan fingerprint density at radius 1 is 1.50 bits per heavy atom. The fraction of sp³-hybridized carbons (Fsp3) is 0.500. The smallest absolute Gasteiger partial charge is 0.240 e. The molecule has 2 rings (SSSR count). The van der Waals surface area contributed by atoms with Gasteiger partial charge in [0.15, 0.2) is 0 Å². The Kier molecular flexibility index (Phi) is 3.55. The van der Waals surface area contributed by atoms with E-state index in [1.54, 1.807) is 12.1 Å². The largest absolute Gasteiger partial charge is 0.479 e. The van der Waals surface area contributed by atoms with Gasteiger partial charge in [0.05, 0.1) is 12.8 Å². The van der Waals surface area contributed by atoms with Gasteiger partial charge in [-0.3, -0.25) is 4.79 Å². The highest BCUT2D eigenvalue weighted by molar-refractivity contribution is 5.83. The van der Waals surface area contributed by atoms with Crippen LogP contribution in [-0.2, 0) is 4.79 Å². The Bertz CT molecular complexity index is 450. The highest BCUT2D eigenvalue weighted by Gasteiger charge is 2.28. The first kappa shape index (κ1) is 12.5. The quantitative estimate of drug-likeness (QED) is 0.815. The predicted octanol–water partition coefficient (Wildman–Crippen LogP) is 0.517. The number of piperidine rings is 1. The number of methoxy groups -OCH3 is 1. The van der Waals surface area contributed by atoms with Crippen LogP contribution in [0.15, 0.2) is 12.1 Å². The summed E-state index contributed by atoms with van der Waals surface area (Å²) in [7, 11) is 1.52. The van der Waals surface area contributed by atoms with Gasteiger partial charge in [-0.2, -0.15) is 4.98 Å². The topological polar surface area (TPSA) is 94.5 Å². The minimum absolute atomic E-state index is 0.292. The van der Waals surface area contributed by atoms with Crippen LogP contribution in [-0.4, -0.2) is 30.6 Å². The van der Waals surface area contributed by atoms with E-state index in [4.69, 9.17) is 16.2 Å². The van der Waals surface area contributed by atoms with Crippen molar-refractivity contribution in [2.24, 2.45) is 5.73 Å². The molecule has 0 aliphatic carbocycles. The van der Waals surface area contributed by atoms with Gasteiger partial charge in [-0.1, -0.05) is 0 Å². The van der Waals surface area contributed by atoms with Crippen LogP contribution in [0.25, 0.3) is 0 Å². The molecule has 0 bridgehead atoms. The van der Waals surface area contributed by atoms with E-state index >= 15 is 0 Å².